The number of para-hydroxylation sites is 2. The number of benzene rings is 2. The Labute approximate surface area is 179 Å². The molecule has 2 heterocycles. The minimum absolute atomic E-state index is 0.174. The molecular formula is C21H21Cl2N3O3. The van der Waals surface area contributed by atoms with Crippen LogP contribution in [-0.4, -0.2) is 56.0 Å². The van der Waals surface area contributed by atoms with E-state index in [4.69, 9.17) is 27.9 Å². The Morgan fingerprint density at radius 2 is 1.69 bits per heavy atom. The molecule has 0 spiro atoms. The SMILES string of the molecule is COc1ccccc1N1CCN(C2CC(=O)N(c3ccc(Cl)c(Cl)c3)C2=O)CC1. The van der Waals surface area contributed by atoms with E-state index in [2.05, 4.69) is 9.80 Å². The third-order valence-corrected chi connectivity index (χ3v) is 6.20. The van der Waals surface area contributed by atoms with Gasteiger partial charge in [-0.3, -0.25) is 14.5 Å². The van der Waals surface area contributed by atoms with E-state index in [-0.39, 0.29) is 18.2 Å². The van der Waals surface area contributed by atoms with Gasteiger partial charge in [0.2, 0.25) is 5.91 Å². The van der Waals surface area contributed by atoms with Crippen molar-refractivity contribution < 1.29 is 14.3 Å². The van der Waals surface area contributed by atoms with Crippen LogP contribution in [0, 0.1) is 0 Å². The second-order valence-electron chi connectivity index (χ2n) is 7.08. The first-order valence-electron chi connectivity index (χ1n) is 9.43. The maximum atomic E-state index is 13.0. The number of hydrogen-bond acceptors (Lipinski definition) is 5. The highest BCUT2D eigenvalue weighted by molar-refractivity contribution is 6.42. The second kappa shape index (κ2) is 8.22. The van der Waals surface area contributed by atoms with Crippen molar-refractivity contribution in [3.63, 3.8) is 0 Å². The lowest BCUT2D eigenvalue weighted by molar-refractivity contribution is -0.123. The molecule has 2 fully saturated rings. The van der Waals surface area contributed by atoms with Crippen molar-refractivity contribution in [2.75, 3.05) is 43.1 Å². The zero-order chi connectivity index (χ0) is 20.5. The molecule has 29 heavy (non-hydrogen) atoms. The molecule has 2 saturated heterocycles. The van der Waals surface area contributed by atoms with Gasteiger partial charge in [-0.05, 0) is 30.3 Å². The van der Waals surface area contributed by atoms with Crippen LogP contribution < -0.4 is 14.5 Å². The van der Waals surface area contributed by atoms with Crippen molar-refractivity contribution in [2.24, 2.45) is 0 Å². The van der Waals surface area contributed by atoms with Crippen LogP contribution in [0.5, 0.6) is 5.75 Å². The predicted molar refractivity (Wildman–Crippen MR) is 114 cm³/mol. The van der Waals surface area contributed by atoms with E-state index in [1.165, 1.54) is 4.90 Å². The Balaban J connectivity index is 1.46. The summed E-state index contributed by atoms with van der Waals surface area (Å²) in [7, 11) is 1.66. The molecule has 152 valence electrons. The van der Waals surface area contributed by atoms with Gasteiger partial charge in [0.25, 0.3) is 5.91 Å². The van der Waals surface area contributed by atoms with Gasteiger partial charge in [-0.1, -0.05) is 35.3 Å². The standard InChI is InChI=1S/C21H21Cl2N3O3/c1-29-19-5-3-2-4-17(19)24-8-10-25(11-9-24)18-13-20(27)26(21(18)28)14-6-7-15(22)16(23)12-14/h2-7,12,18H,8-11,13H2,1H3. The highest BCUT2D eigenvalue weighted by Gasteiger charge is 2.43. The van der Waals surface area contributed by atoms with Crippen LogP contribution in [0.3, 0.4) is 0 Å². The predicted octanol–water partition coefficient (Wildman–Crippen LogP) is 3.46. The molecule has 6 nitrogen and oxygen atoms in total. The number of carbonyl (C=O) groups excluding carboxylic acids is 2. The summed E-state index contributed by atoms with van der Waals surface area (Å²) in [6, 6.07) is 12.3. The molecular weight excluding hydrogens is 413 g/mol. The van der Waals surface area contributed by atoms with Crippen LogP contribution in [0.2, 0.25) is 10.0 Å². The van der Waals surface area contributed by atoms with Gasteiger partial charge in [-0.2, -0.15) is 0 Å². The van der Waals surface area contributed by atoms with E-state index in [1.807, 2.05) is 24.3 Å². The summed E-state index contributed by atoms with van der Waals surface area (Å²) >= 11 is 12.0. The summed E-state index contributed by atoms with van der Waals surface area (Å²) in [6.07, 6.45) is 0.174. The molecule has 2 aliphatic heterocycles. The molecule has 0 aromatic heterocycles. The highest BCUT2D eigenvalue weighted by atomic mass is 35.5. The topological polar surface area (TPSA) is 53.1 Å². The van der Waals surface area contributed by atoms with Crippen molar-refractivity contribution in [1.29, 1.82) is 0 Å². The van der Waals surface area contributed by atoms with Crippen molar-refractivity contribution in [3.05, 3.63) is 52.5 Å². The number of carbonyl (C=O) groups is 2. The molecule has 2 aromatic rings. The summed E-state index contributed by atoms with van der Waals surface area (Å²) in [5.41, 5.74) is 1.51. The minimum atomic E-state index is -0.447. The molecule has 2 aromatic carbocycles. The van der Waals surface area contributed by atoms with E-state index in [0.717, 1.165) is 24.5 Å². The summed E-state index contributed by atoms with van der Waals surface area (Å²) in [4.78, 5) is 31.1. The van der Waals surface area contributed by atoms with E-state index < -0.39 is 6.04 Å². The molecule has 0 aliphatic carbocycles. The summed E-state index contributed by atoms with van der Waals surface area (Å²) in [5.74, 6) is 0.406. The van der Waals surface area contributed by atoms with Crippen LogP contribution in [0.1, 0.15) is 6.42 Å². The zero-order valence-corrected chi connectivity index (χ0v) is 17.5. The van der Waals surface area contributed by atoms with Gasteiger partial charge in [0.05, 0.1) is 41.0 Å². The average molecular weight is 434 g/mol. The third kappa shape index (κ3) is 3.80. The van der Waals surface area contributed by atoms with E-state index in [9.17, 15) is 9.59 Å². The fourth-order valence-corrected chi connectivity index (χ4v) is 4.25. The quantitative estimate of drug-likeness (QED) is 0.691. The molecule has 0 bridgehead atoms. The number of amides is 2. The van der Waals surface area contributed by atoms with Gasteiger partial charge >= 0.3 is 0 Å². The van der Waals surface area contributed by atoms with Crippen LogP contribution in [0.25, 0.3) is 0 Å². The van der Waals surface area contributed by atoms with Gasteiger partial charge in [-0.15, -0.1) is 0 Å². The Morgan fingerprint density at radius 3 is 2.38 bits per heavy atom. The largest absolute Gasteiger partial charge is 0.495 e. The first-order chi connectivity index (χ1) is 14.0. The van der Waals surface area contributed by atoms with E-state index in [0.29, 0.717) is 28.8 Å². The van der Waals surface area contributed by atoms with Crippen molar-refractivity contribution in [3.8, 4) is 5.75 Å². The van der Waals surface area contributed by atoms with Crippen molar-refractivity contribution >= 4 is 46.4 Å². The minimum Gasteiger partial charge on any atom is -0.495 e. The molecule has 0 radical (unpaired) electrons. The molecule has 1 atom stereocenters. The average Bonchev–Trinajstić information content (AvgIpc) is 3.04. The first kappa shape index (κ1) is 20.0. The number of halogens is 2. The van der Waals surface area contributed by atoms with E-state index >= 15 is 0 Å². The molecule has 4 rings (SSSR count). The lowest BCUT2D eigenvalue weighted by Gasteiger charge is -2.38. The molecule has 2 amide bonds. The van der Waals surface area contributed by atoms with Crippen LogP contribution >= 0.6 is 23.2 Å². The molecule has 1 unspecified atom stereocenters. The maximum Gasteiger partial charge on any atom is 0.251 e. The van der Waals surface area contributed by atoms with Gasteiger partial charge in [0, 0.05) is 26.2 Å². The smallest absolute Gasteiger partial charge is 0.251 e. The molecule has 0 saturated carbocycles. The van der Waals surface area contributed by atoms with Gasteiger partial charge in [0.15, 0.2) is 0 Å². The fourth-order valence-electron chi connectivity index (χ4n) is 3.96. The van der Waals surface area contributed by atoms with Crippen molar-refractivity contribution in [2.45, 2.75) is 12.5 Å². The number of piperazine rings is 1. The molecule has 0 N–H and O–H groups in total. The van der Waals surface area contributed by atoms with Crippen molar-refractivity contribution in [1.82, 2.24) is 4.90 Å². The Hall–Kier alpha value is -2.28. The maximum absolute atomic E-state index is 13.0. The monoisotopic (exact) mass is 433 g/mol. The Morgan fingerprint density at radius 1 is 0.966 bits per heavy atom. The first-order valence-corrected chi connectivity index (χ1v) is 10.2. The van der Waals surface area contributed by atoms with Crippen LogP contribution in [-0.2, 0) is 9.59 Å². The van der Waals surface area contributed by atoms with Gasteiger partial charge in [-0.25, -0.2) is 4.90 Å². The third-order valence-electron chi connectivity index (χ3n) is 5.47. The van der Waals surface area contributed by atoms with Crippen LogP contribution in [0.4, 0.5) is 11.4 Å². The lowest BCUT2D eigenvalue weighted by Crippen LogP contribution is -2.52. The molecule has 2 aliphatic rings. The Kier molecular flexibility index (Phi) is 5.67. The number of methoxy groups -OCH3 is 1. The normalized spacial score (nSPS) is 20.4. The fraction of sp³-hybridized carbons (Fsp3) is 0.333. The Bertz CT molecular complexity index is 945. The number of rotatable bonds is 4. The van der Waals surface area contributed by atoms with Gasteiger partial charge < -0.3 is 9.64 Å². The lowest BCUT2D eigenvalue weighted by atomic mass is 10.1. The number of anilines is 2. The molecule has 8 heteroatoms. The number of imide groups is 1. The summed E-state index contributed by atoms with van der Waals surface area (Å²) in [6.45, 7) is 2.89. The summed E-state index contributed by atoms with van der Waals surface area (Å²) in [5, 5.41) is 0.706. The number of ether oxygens (including phenoxy) is 1. The second-order valence-corrected chi connectivity index (χ2v) is 7.89. The zero-order valence-electron chi connectivity index (χ0n) is 16.0. The number of nitrogens with zero attached hydrogens (tertiary/aromatic N) is 3. The highest BCUT2D eigenvalue weighted by Crippen LogP contribution is 2.33. The number of hydrogen-bond donors (Lipinski definition) is 0. The van der Waals surface area contributed by atoms with E-state index in [1.54, 1.807) is 25.3 Å². The van der Waals surface area contributed by atoms with Gasteiger partial charge in [0.1, 0.15) is 5.75 Å². The van der Waals surface area contributed by atoms with Crippen LogP contribution in [0.15, 0.2) is 42.5 Å². The summed E-state index contributed by atoms with van der Waals surface area (Å²) < 4.78 is 5.46.